The van der Waals surface area contributed by atoms with Crippen molar-refractivity contribution in [2.45, 2.75) is 0 Å². The molecule has 0 aliphatic heterocycles. The van der Waals surface area contributed by atoms with Gasteiger partial charge in [0.05, 0.1) is 15.6 Å². The van der Waals surface area contributed by atoms with Crippen LogP contribution in [0.1, 0.15) is 10.4 Å². The minimum absolute atomic E-state index is 0.0527. The van der Waals surface area contributed by atoms with Gasteiger partial charge in [0.25, 0.3) is 5.91 Å². The third-order valence-corrected chi connectivity index (χ3v) is 3.13. The monoisotopic (exact) mass is 335 g/mol. The molecule has 2 aromatic rings. The molecule has 0 aromatic heterocycles. The van der Waals surface area contributed by atoms with Crippen molar-refractivity contribution in [1.82, 2.24) is 0 Å². The first kappa shape index (κ1) is 15.5. The summed E-state index contributed by atoms with van der Waals surface area (Å²) in [7, 11) is 0. The fourth-order valence-corrected chi connectivity index (χ4v) is 2.02. The lowest BCUT2D eigenvalue weighted by molar-refractivity contribution is 0.102. The van der Waals surface area contributed by atoms with E-state index in [4.69, 9.17) is 23.2 Å². The molecule has 3 nitrogen and oxygen atoms in total. The number of carbonyl (C=O) groups excluding carboxylic acids is 1. The van der Waals surface area contributed by atoms with E-state index in [1.165, 1.54) is 12.1 Å². The standard InChI is InChI=1S/C13H6Cl2F3NO2/c14-7-3-5(4-8(15)12(7)20)19-13(21)6-1-2-9(16)11(18)10(6)17/h1-4,20H,(H,19,21). The van der Waals surface area contributed by atoms with Crippen LogP contribution in [0.15, 0.2) is 24.3 Å². The Labute approximate surface area is 126 Å². The molecular weight excluding hydrogens is 330 g/mol. The van der Waals surface area contributed by atoms with Crippen molar-refractivity contribution in [1.29, 1.82) is 0 Å². The highest BCUT2D eigenvalue weighted by molar-refractivity contribution is 6.37. The van der Waals surface area contributed by atoms with Crippen LogP contribution in [0.5, 0.6) is 5.75 Å². The Morgan fingerprint density at radius 2 is 1.62 bits per heavy atom. The number of carbonyl (C=O) groups is 1. The number of benzene rings is 2. The number of phenols is 1. The van der Waals surface area contributed by atoms with Gasteiger partial charge in [-0.15, -0.1) is 0 Å². The summed E-state index contributed by atoms with van der Waals surface area (Å²) in [6, 6.07) is 3.76. The molecule has 21 heavy (non-hydrogen) atoms. The van der Waals surface area contributed by atoms with Gasteiger partial charge in [-0.05, 0) is 24.3 Å². The van der Waals surface area contributed by atoms with Crippen LogP contribution in [-0.2, 0) is 0 Å². The summed E-state index contributed by atoms with van der Waals surface area (Å²) in [6.45, 7) is 0. The van der Waals surface area contributed by atoms with E-state index in [-0.39, 0.29) is 21.5 Å². The summed E-state index contributed by atoms with van der Waals surface area (Å²) in [5.74, 6) is -6.16. The summed E-state index contributed by atoms with van der Waals surface area (Å²) in [5, 5.41) is 11.3. The van der Waals surface area contributed by atoms with Crippen LogP contribution in [0, 0.1) is 17.5 Å². The average Bonchev–Trinajstić information content (AvgIpc) is 2.42. The molecule has 0 atom stereocenters. The van der Waals surface area contributed by atoms with Crippen molar-refractivity contribution in [3.63, 3.8) is 0 Å². The van der Waals surface area contributed by atoms with E-state index in [0.717, 1.165) is 6.07 Å². The second-order valence-corrected chi connectivity index (χ2v) is 4.78. The van der Waals surface area contributed by atoms with Gasteiger partial charge < -0.3 is 10.4 Å². The molecule has 0 saturated carbocycles. The topological polar surface area (TPSA) is 49.3 Å². The Bertz CT molecular complexity index is 715. The molecule has 0 aliphatic carbocycles. The quantitative estimate of drug-likeness (QED) is 0.632. The highest BCUT2D eigenvalue weighted by Crippen LogP contribution is 2.34. The first-order valence-electron chi connectivity index (χ1n) is 5.44. The SMILES string of the molecule is O=C(Nc1cc(Cl)c(O)c(Cl)c1)c1ccc(F)c(F)c1F. The molecule has 2 N–H and O–H groups in total. The van der Waals surface area contributed by atoms with Gasteiger partial charge in [-0.3, -0.25) is 4.79 Å². The largest absolute Gasteiger partial charge is 0.505 e. The molecule has 0 aliphatic rings. The normalized spacial score (nSPS) is 10.5. The molecule has 0 spiro atoms. The molecule has 2 rings (SSSR count). The number of phenolic OH excluding ortho intramolecular Hbond substituents is 1. The van der Waals surface area contributed by atoms with Gasteiger partial charge >= 0.3 is 0 Å². The number of amides is 1. The Kier molecular flexibility index (Phi) is 4.29. The van der Waals surface area contributed by atoms with E-state index in [0.29, 0.717) is 6.07 Å². The predicted molar refractivity (Wildman–Crippen MR) is 72.4 cm³/mol. The lowest BCUT2D eigenvalue weighted by atomic mass is 10.1. The lowest BCUT2D eigenvalue weighted by Gasteiger charge is -2.09. The number of nitrogens with one attached hydrogen (secondary N) is 1. The molecule has 0 radical (unpaired) electrons. The second-order valence-electron chi connectivity index (χ2n) is 3.97. The van der Waals surface area contributed by atoms with E-state index >= 15 is 0 Å². The molecule has 1 amide bonds. The van der Waals surface area contributed by atoms with E-state index in [9.17, 15) is 23.1 Å². The fourth-order valence-electron chi connectivity index (χ4n) is 1.54. The van der Waals surface area contributed by atoms with Crippen molar-refractivity contribution < 1.29 is 23.1 Å². The predicted octanol–water partition coefficient (Wildman–Crippen LogP) is 4.37. The highest BCUT2D eigenvalue weighted by atomic mass is 35.5. The maximum atomic E-state index is 13.5. The van der Waals surface area contributed by atoms with Gasteiger partial charge in [0.2, 0.25) is 0 Å². The minimum Gasteiger partial charge on any atom is -0.505 e. The Balaban J connectivity index is 2.33. The van der Waals surface area contributed by atoms with Crippen LogP contribution in [0.4, 0.5) is 18.9 Å². The third kappa shape index (κ3) is 3.06. The van der Waals surface area contributed by atoms with Crippen molar-refractivity contribution in [3.05, 3.63) is 57.3 Å². The lowest BCUT2D eigenvalue weighted by Crippen LogP contribution is -2.15. The molecule has 0 fully saturated rings. The summed E-state index contributed by atoms with van der Waals surface area (Å²) in [5.41, 5.74) is -0.633. The van der Waals surface area contributed by atoms with Gasteiger partial charge in [-0.25, -0.2) is 13.2 Å². The third-order valence-electron chi connectivity index (χ3n) is 2.55. The zero-order valence-corrected chi connectivity index (χ0v) is 11.6. The molecule has 0 saturated heterocycles. The Hall–Kier alpha value is -1.92. The van der Waals surface area contributed by atoms with E-state index in [1.54, 1.807) is 0 Å². The van der Waals surface area contributed by atoms with Crippen LogP contribution in [-0.4, -0.2) is 11.0 Å². The van der Waals surface area contributed by atoms with Crippen LogP contribution >= 0.6 is 23.2 Å². The maximum Gasteiger partial charge on any atom is 0.258 e. The molecule has 2 aromatic carbocycles. The van der Waals surface area contributed by atoms with E-state index < -0.39 is 28.9 Å². The average molecular weight is 336 g/mol. The number of anilines is 1. The zero-order valence-electron chi connectivity index (χ0n) is 10.1. The van der Waals surface area contributed by atoms with Crippen molar-refractivity contribution >= 4 is 34.8 Å². The molecule has 0 unspecified atom stereocenters. The van der Waals surface area contributed by atoms with Crippen molar-refractivity contribution in [3.8, 4) is 5.75 Å². The number of hydrogen-bond acceptors (Lipinski definition) is 2. The summed E-state index contributed by atoms with van der Waals surface area (Å²) < 4.78 is 39.3. The molecule has 8 heteroatoms. The van der Waals surface area contributed by atoms with Gasteiger partial charge in [-0.1, -0.05) is 23.2 Å². The summed E-state index contributed by atoms with van der Waals surface area (Å²) in [4.78, 5) is 11.8. The van der Waals surface area contributed by atoms with Crippen LogP contribution in [0.3, 0.4) is 0 Å². The number of rotatable bonds is 2. The van der Waals surface area contributed by atoms with E-state index in [2.05, 4.69) is 5.32 Å². The van der Waals surface area contributed by atoms with E-state index in [1.807, 2.05) is 0 Å². The first-order valence-corrected chi connectivity index (χ1v) is 6.19. The Morgan fingerprint density at radius 3 is 2.19 bits per heavy atom. The van der Waals surface area contributed by atoms with Crippen molar-refractivity contribution in [2.75, 3.05) is 5.32 Å². The summed E-state index contributed by atoms with van der Waals surface area (Å²) in [6.07, 6.45) is 0. The maximum absolute atomic E-state index is 13.5. The number of aromatic hydroxyl groups is 1. The first-order chi connectivity index (χ1) is 9.81. The van der Waals surface area contributed by atoms with Gasteiger partial charge in [0.15, 0.2) is 23.2 Å². The Morgan fingerprint density at radius 1 is 1.05 bits per heavy atom. The molecule has 0 bridgehead atoms. The van der Waals surface area contributed by atoms with Gasteiger partial charge in [0, 0.05) is 5.69 Å². The molecule has 0 heterocycles. The number of halogens is 5. The second kappa shape index (κ2) is 5.83. The van der Waals surface area contributed by atoms with Crippen LogP contribution in [0.25, 0.3) is 0 Å². The minimum atomic E-state index is -1.75. The smallest absolute Gasteiger partial charge is 0.258 e. The zero-order chi connectivity index (χ0) is 15.7. The number of hydrogen-bond donors (Lipinski definition) is 2. The van der Waals surface area contributed by atoms with Gasteiger partial charge in [-0.2, -0.15) is 0 Å². The molecular formula is C13H6Cl2F3NO2. The van der Waals surface area contributed by atoms with Crippen LogP contribution in [0.2, 0.25) is 10.0 Å². The van der Waals surface area contributed by atoms with Gasteiger partial charge in [0.1, 0.15) is 0 Å². The molecule has 110 valence electrons. The highest BCUT2D eigenvalue weighted by Gasteiger charge is 2.19. The fraction of sp³-hybridized carbons (Fsp3) is 0. The summed E-state index contributed by atoms with van der Waals surface area (Å²) >= 11 is 11.3. The van der Waals surface area contributed by atoms with Crippen LogP contribution < -0.4 is 5.32 Å². The van der Waals surface area contributed by atoms with Crippen molar-refractivity contribution in [2.24, 2.45) is 0 Å².